The van der Waals surface area contributed by atoms with E-state index in [-0.39, 0.29) is 25.0 Å². The maximum Gasteiger partial charge on any atom is 0.416 e. The first-order valence-corrected chi connectivity index (χ1v) is 7.62. The van der Waals surface area contributed by atoms with Crippen LogP contribution in [-0.4, -0.2) is 7.85 Å². The number of allylic oxidation sites excluding steroid dienone is 2. The van der Waals surface area contributed by atoms with Crippen molar-refractivity contribution in [3.63, 3.8) is 0 Å². The van der Waals surface area contributed by atoms with E-state index < -0.39 is 46.1 Å². The van der Waals surface area contributed by atoms with Gasteiger partial charge in [-0.25, -0.2) is 0 Å². The highest BCUT2D eigenvalue weighted by atomic mass is 19.4. The minimum Gasteiger partial charge on any atom is -0.166 e. The van der Waals surface area contributed by atoms with Crippen molar-refractivity contribution < 1.29 is 39.5 Å². The summed E-state index contributed by atoms with van der Waals surface area (Å²) in [7, 11) is 1.16. The lowest BCUT2D eigenvalue weighted by molar-refractivity contribution is -0.149. The molecular weight excluding hydrogens is 374 g/mol. The molecule has 0 aliphatic heterocycles. The molecule has 0 fully saturated rings. The minimum atomic E-state index is -5.38. The van der Waals surface area contributed by atoms with Crippen LogP contribution in [0.2, 0.25) is 0 Å². The second-order valence-corrected chi connectivity index (χ2v) is 6.11. The zero-order valence-corrected chi connectivity index (χ0v) is 14.1. The number of hydrogen-bond acceptors (Lipinski definition) is 0. The highest BCUT2D eigenvalue weighted by Crippen LogP contribution is 2.48. The van der Waals surface area contributed by atoms with Crippen molar-refractivity contribution >= 4 is 7.85 Å². The van der Waals surface area contributed by atoms with Gasteiger partial charge in [0.25, 0.3) is 0 Å². The third-order valence-electron chi connectivity index (χ3n) is 3.95. The Balaban J connectivity index is 4.09. The van der Waals surface area contributed by atoms with Crippen LogP contribution in [0.4, 0.5) is 39.5 Å². The Morgan fingerprint density at radius 3 is 1.54 bits per heavy atom. The van der Waals surface area contributed by atoms with E-state index in [9.17, 15) is 39.5 Å². The first-order chi connectivity index (χ1) is 11.6. The Morgan fingerprint density at radius 1 is 0.846 bits per heavy atom. The quantitative estimate of drug-likeness (QED) is 0.339. The summed E-state index contributed by atoms with van der Waals surface area (Å²) < 4.78 is 119. The van der Waals surface area contributed by atoms with E-state index in [0.29, 0.717) is 0 Å². The SMILES string of the molecule is BC(/C=C\C)(CCC)c1c(C(F)(F)F)cc(C(F)(F)F)cc1C(F)(F)F. The number of benzene rings is 1. The molecule has 0 N–H and O–H groups in total. The molecule has 0 bridgehead atoms. The van der Waals surface area contributed by atoms with Crippen molar-refractivity contribution in [3.05, 3.63) is 46.5 Å². The molecule has 0 saturated heterocycles. The van der Waals surface area contributed by atoms with E-state index in [1.165, 1.54) is 13.0 Å². The smallest absolute Gasteiger partial charge is 0.166 e. The maximum absolute atomic E-state index is 13.4. The highest BCUT2D eigenvalue weighted by Gasteiger charge is 2.48. The third kappa shape index (κ3) is 4.76. The zero-order valence-electron chi connectivity index (χ0n) is 14.1. The number of rotatable bonds is 4. The molecule has 0 nitrogen and oxygen atoms in total. The first-order valence-electron chi connectivity index (χ1n) is 7.62. The summed E-state index contributed by atoms with van der Waals surface area (Å²) in [6.07, 6.45) is -13.5. The number of hydrogen-bond donors (Lipinski definition) is 0. The van der Waals surface area contributed by atoms with E-state index in [0.717, 1.165) is 13.9 Å². The van der Waals surface area contributed by atoms with Gasteiger partial charge >= 0.3 is 18.5 Å². The monoisotopic (exact) mass is 390 g/mol. The molecule has 26 heavy (non-hydrogen) atoms. The van der Waals surface area contributed by atoms with Crippen LogP contribution in [0.1, 0.15) is 48.9 Å². The van der Waals surface area contributed by atoms with Crippen molar-refractivity contribution in [1.29, 1.82) is 0 Å². The molecule has 0 aliphatic carbocycles. The Hall–Kier alpha value is -1.61. The van der Waals surface area contributed by atoms with Gasteiger partial charge in [-0.15, -0.1) is 0 Å². The summed E-state index contributed by atoms with van der Waals surface area (Å²) in [4.78, 5) is 0. The fourth-order valence-electron chi connectivity index (χ4n) is 3.05. The van der Waals surface area contributed by atoms with E-state index in [4.69, 9.17) is 0 Å². The summed E-state index contributed by atoms with van der Waals surface area (Å²) in [5, 5.41) is -1.73. The van der Waals surface area contributed by atoms with Gasteiger partial charge in [-0.05, 0) is 36.4 Å². The van der Waals surface area contributed by atoms with Gasteiger partial charge in [0.15, 0.2) is 0 Å². The van der Waals surface area contributed by atoms with E-state index in [1.807, 2.05) is 0 Å². The van der Waals surface area contributed by atoms with Gasteiger partial charge in [0.05, 0.1) is 16.7 Å². The normalized spacial score (nSPS) is 16.1. The van der Waals surface area contributed by atoms with Crippen molar-refractivity contribution in [1.82, 2.24) is 0 Å². The Kier molecular flexibility index (Phi) is 6.20. The van der Waals surface area contributed by atoms with Crippen molar-refractivity contribution in [2.75, 3.05) is 0 Å². The van der Waals surface area contributed by atoms with Gasteiger partial charge in [-0.3, -0.25) is 0 Å². The van der Waals surface area contributed by atoms with Crippen LogP contribution in [0.3, 0.4) is 0 Å². The van der Waals surface area contributed by atoms with E-state index in [1.54, 1.807) is 6.92 Å². The predicted molar refractivity (Wildman–Crippen MR) is 81.4 cm³/mol. The van der Waals surface area contributed by atoms with Crippen molar-refractivity contribution in [2.24, 2.45) is 0 Å². The molecule has 0 aromatic heterocycles. The molecular formula is C16H16BF9. The molecule has 0 spiro atoms. The average Bonchev–Trinajstić information content (AvgIpc) is 2.43. The van der Waals surface area contributed by atoms with Crippen molar-refractivity contribution in [3.8, 4) is 0 Å². The molecule has 1 unspecified atom stereocenters. The van der Waals surface area contributed by atoms with Crippen molar-refractivity contribution in [2.45, 2.75) is 50.5 Å². The van der Waals surface area contributed by atoms with Gasteiger partial charge in [-0.2, -0.15) is 39.5 Å². The third-order valence-corrected chi connectivity index (χ3v) is 3.95. The summed E-state index contributed by atoms with van der Waals surface area (Å²) >= 11 is 0. The second kappa shape index (κ2) is 7.19. The maximum atomic E-state index is 13.4. The van der Waals surface area contributed by atoms with Crippen LogP contribution in [0.5, 0.6) is 0 Å². The predicted octanol–water partition coefficient (Wildman–Crippen LogP) is 5.95. The number of alkyl halides is 9. The minimum absolute atomic E-state index is 0.102. The van der Waals surface area contributed by atoms with E-state index in [2.05, 4.69) is 0 Å². The summed E-state index contributed by atoms with van der Waals surface area (Å²) in [5.74, 6) is 0. The fraction of sp³-hybridized carbons (Fsp3) is 0.500. The molecule has 1 rings (SSSR count). The Bertz CT molecular complexity index is 633. The molecule has 0 amide bonds. The average molecular weight is 390 g/mol. The summed E-state index contributed by atoms with van der Waals surface area (Å²) in [5.41, 5.74) is -7.02. The molecule has 0 aliphatic rings. The van der Waals surface area contributed by atoms with Crippen LogP contribution < -0.4 is 0 Å². The van der Waals surface area contributed by atoms with Crippen LogP contribution in [-0.2, 0) is 23.8 Å². The summed E-state index contributed by atoms with van der Waals surface area (Å²) in [6, 6.07) is -0.496. The lowest BCUT2D eigenvalue weighted by Gasteiger charge is -2.33. The second-order valence-electron chi connectivity index (χ2n) is 6.11. The van der Waals surface area contributed by atoms with Crippen LogP contribution in [0.25, 0.3) is 0 Å². The molecule has 1 aromatic carbocycles. The lowest BCUT2D eigenvalue weighted by Crippen LogP contribution is -2.32. The zero-order chi connectivity index (χ0) is 20.6. The van der Waals surface area contributed by atoms with Gasteiger partial charge in [0, 0.05) is 0 Å². The van der Waals surface area contributed by atoms with Gasteiger partial charge in [0.1, 0.15) is 7.85 Å². The first kappa shape index (κ1) is 22.4. The van der Waals surface area contributed by atoms with Crippen LogP contribution in [0.15, 0.2) is 24.3 Å². The molecule has 0 heterocycles. The Labute approximate surface area is 145 Å². The Morgan fingerprint density at radius 2 is 1.27 bits per heavy atom. The van der Waals surface area contributed by atoms with Crippen LogP contribution in [0, 0.1) is 0 Å². The van der Waals surface area contributed by atoms with Crippen LogP contribution >= 0.6 is 0 Å². The molecule has 1 atom stereocenters. The fourth-order valence-corrected chi connectivity index (χ4v) is 3.05. The van der Waals surface area contributed by atoms with E-state index >= 15 is 0 Å². The van der Waals surface area contributed by atoms with Gasteiger partial charge < -0.3 is 0 Å². The largest absolute Gasteiger partial charge is 0.416 e. The molecule has 10 heteroatoms. The molecule has 1 aromatic rings. The molecule has 146 valence electrons. The lowest BCUT2D eigenvalue weighted by atomic mass is 9.59. The molecule has 0 radical (unpaired) electrons. The highest BCUT2D eigenvalue weighted by molar-refractivity contribution is 6.17. The summed E-state index contributed by atoms with van der Waals surface area (Å²) in [6.45, 7) is 2.98. The molecule has 0 saturated carbocycles. The number of halogens is 9. The van der Waals surface area contributed by atoms with Gasteiger partial charge in [-0.1, -0.05) is 25.5 Å². The van der Waals surface area contributed by atoms with Gasteiger partial charge in [0.2, 0.25) is 0 Å². The standard InChI is InChI=1S/C16H16BF9/c1-3-5-13(17,6-4-2)12-10(15(21,22)23)7-9(14(18,19)20)8-11(12)16(24,25)26/h3,5,7-8H,4,6,17H2,1-2H3/b5-3-. The topological polar surface area (TPSA) is 0 Å².